The topological polar surface area (TPSA) is 59.8 Å². The van der Waals surface area contributed by atoms with E-state index in [4.69, 9.17) is 9.15 Å². The lowest BCUT2D eigenvalue weighted by molar-refractivity contribution is 0.0771. The van der Waals surface area contributed by atoms with Crippen LogP contribution in [0.25, 0.3) is 0 Å². The Kier molecular flexibility index (Phi) is 4.33. The van der Waals surface area contributed by atoms with Crippen LogP contribution >= 0.6 is 0 Å². The van der Waals surface area contributed by atoms with Gasteiger partial charge in [-0.3, -0.25) is 4.79 Å². The van der Waals surface area contributed by atoms with Crippen LogP contribution in [-0.2, 0) is 0 Å². The highest BCUT2D eigenvalue weighted by atomic mass is 19.2. The van der Waals surface area contributed by atoms with E-state index in [-0.39, 0.29) is 17.6 Å². The van der Waals surface area contributed by atoms with Crippen LogP contribution in [0.5, 0.6) is 5.75 Å². The Labute approximate surface area is 136 Å². The molecule has 0 unspecified atom stereocenters. The van der Waals surface area contributed by atoms with Crippen molar-refractivity contribution < 1.29 is 22.7 Å². The highest BCUT2D eigenvalue weighted by molar-refractivity contribution is 5.94. The van der Waals surface area contributed by atoms with E-state index >= 15 is 0 Å². The number of carbonyl (C=O) groups is 1. The van der Waals surface area contributed by atoms with Crippen LogP contribution in [-0.4, -0.2) is 30.0 Å². The largest absolute Gasteiger partial charge is 0.488 e. The molecule has 0 radical (unpaired) electrons. The minimum atomic E-state index is -1.06. The van der Waals surface area contributed by atoms with Crippen LogP contribution in [0, 0.1) is 18.6 Å². The summed E-state index contributed by atoms with van der Waals surface area (Å²) in [5, 5.41) is 0. The molecule has 2 heterocycles. The van der Waals surface area contributed by atoms with Crippen molar-refractivity contribution in [3.05, 3.63) is 63.7 Å². The fourth-order valence-electron chi connectivity index (χ4n) is 2.66. The van der Waals surface area contributed by atoms with Crippen molar-refractivity contribution >= 4 is 5.91 Å². The molecule has 1 fully saturated rings. The summed E-state index contributed by atoms with van der Waals surface area (Å²) in [5.74, 6) is -1.61. The number of ether oxygens (including phenoxy) is 1. The Hall–Kier alpha value is -2.70. The lowest BCUT2D eigenvalue weighted by Gasteiger charge is -2.17. The van der Waals surface area contributed by atoms with Gasteiger partial charge in [-0.05, 0) is 25.1 Å². The summed E-state index contributed by atoms with van der Waals surface area (Å²) in [4.78, 5) is 25.2. The van der Waals surface area contributed by atoms with Gasteiger partial charge >= 0.3 is 5.63 Å². The van der Waals surface area contributed by atoms with Crippen LogP contribution in [0.1, 0.15) is 22.5 Å². The second-order valence-electron chi connectivity index (χ2n) is 5.63. The summed E-state index contributed by atoms with van der Waals surface area (Å²) in [6.45, 7) is 2.38. The number of likely N-dealkylation sites (tertiary alicyclic amines) is 1. The molecule has 24 heavy (non-hydrogen) atoms. The molecule has 1 aromatic heterocycles. The molecule has 5 nitrogen and oxygen atoms in total. The summed E-state index contributed by atoms with van der Waals surface area (Å²) in [5.41, 5.74) is -0.413. The lowest BCUT2D eigenvalue weighted by Crippen LogP contribution is -2.31. The fraction of sp³-hybridized carbons (Fsp3) is 0.294. The number of aryl methyl sites for hydroxylation is 1. The summed E-state index contributed by atoms with van der Waals surface area (Å²) in [6.07, 6.45) is 0.301. The number of nitrogens with zero attached hydrogens (tertiary/aromatic N) is 1. The van der Waals surface area contributed by atoms with Gasteiger partial charge in [-0.25, -0.2) is 13.6 Å². The van der Waals surface area contributed by atoms with Crippen molar-refractivity contribution in [3.63, 3.8) is 0 Å². The average molecular weight is 335 g/mol. The molecule has 126 valence electrons. The zero-order valence-corrected chi connectivity index (χ0v) is 12.9. The van der Waals surface area contributed by atoms with Gasteiger partial charge in [-0.2, -0.15) is 0 Å². The minimum Gasteiger partial charge on any atom is -0.488 e. The zero-order chi connectivity index (χ0) is 17.3. The van der Waals surface area contributed by atoms with Crippen molar-refractivity contribution in [2.45, 2.75) is 19.4 Å². The Morgan fingerprint density at radius 1 is 1.25 bits per heavy atom. The minimum absolute atomic E-state index is 0.0887. The third-order valence-electron chi connectivity index (χ3n) is 3.77. The first-order valence-electron chi connectivity index (χ1n) is 7.45. The van der Waals surface area contributed by atoms with Crippen LogP contribution in [0.4, 0.5) is 8.78 Å². The van der Waals surface area contributed by atoms with Gasteiger partial charge in [-0.1, -0.05) is 0 Å². The summed E-state index contributed by atoms with van der Waals surface area (Å²) in [6, 6.07) is 5.91. The molecule has 0 bridgehead atoms. The second kappa shape index (κ2) is 6.43. The van der Waals surface area contributed by atoms with Gasteiger partial charge in [0.1, 0.15) is 17.6 Å². The smallest absolute Gasteiger partial charge is 0.339 e. The molecule has 0 aliphatic carbocycles. The van der Waals surface area contributed by atoms with E-state index < -0.39 is 17.3 Å². The summed E-state index contributed by atoms with van der Waals surface area (Å²) >= 11 is 0. The Balaban J connectivity index is 1.67. The van der Waals surface area contributed by atoms with Crippen molar-refractivity contribution in [3.8, 4) is 5.75 Å². The van der Waals surface area contributed by atoms with Gasteiger partial charge in [0.25, 0.3) is 5.91 Å². The first kappa shape index (κ1) is 16.2. The molecule has 0 saturated carbocycles. The molecular weight excluding hydrogens is 320 g/mol. The molecule has 0 spiro atoms. The number of amides is 1. The van der Waals surface area contributed by atoms with Gasteiger partial charge in [0.2, 0.25) is 0 Å². The number of hydrogen-bond donors (Lipinski definition) is 0. The number of benzene rings is 1. The molecule has 2 aromatic rings. The van der Waals surface area contributed by atoms with E-state index in [1.165, 1.54) is 17.0 Å². The summed E-state index contributed by atoms with van der Waals surface area (Å²) in [7, 11) is 0. The third kappa shape index (κ3) is 3.45. The fourth-order valence-corrected chi connectivity index (χ4v) is 2.66. The molecule has 7 heteroatoms. The molecule has 1 aliphatic rings. The van der Waals surface area contributed by atoms with Gasteiger partial charge < -0.3 is 14.1 Å². The molecular formula is C17H15F2NO4. The van der Waals surface area contributed by atoms with Crippen molar-refractivity contribution in [1.82, 2.24) is 4.90 Å². The van der Waals surface area contributed by atoms with Crippen LogP contribution in [0.3, 0.4) is 0 Å². The number of hydrogen-bond acceptors (Lipinski definition) is 4. The maximum absolute atomic E-state index is 13.3. The van der Waals surface area contributed by atoms with Crippen LogP contribution < -0.4 is 10.4 Å². The summed E-state index contributed by atoms with van der Waals surface area (Å²) < 4.78 is 36.8. The van der Waals surface area contributed by atoms with E-state index in [2.05, 4.69) is 0 Å². The second-order valence-corrected chi connectivity index (χ2v) is 5.63. The maximum atomic E-state index is 13.3. The Morgan fingerprint density at radius 3 is 2.75 bits per heavy atom. The SMILES string of the molecule is Cc1cc(O[C@H]2CCN(C(=O)c3ccc(F)c(F)c3)C2)cc(=O)o1. The molecule has 1 amide bonds. The van der Waals surface area contributed by atoms with Gasteiger partial charge in [0.05, 0.1) is 12.6 Å². The third-order valence-corrected chi connectivity index (χ3v) is 3.77. The van der Waals surface area contributed by atoms with E-state index in [1.807, 2.05) is 0 Å². The molecule has 1 saturated heterocycles. The highest BCUT2D eigenvalue weighted by Crippen LogP contribution is 2.20. The molecule has 1 aromatic carbocycles. The normalized spacial score (nSPS) is 17.1. The van der Waals surface area contributed by atoms with Gasteiger partial charge in [0, 0.05) is 24.6 Å². The Bertz CT molecular complexity index is 834. The first-order chi connectivity index (χ1) is 11.4. The van der Waals surface area contributed by atoms with Gasteiger partial charge in [-0.15, -0.1) is 0 Å². The molecule has 3 rings (SSSR count). The predicted octanol–water partition coefficient (Wildman–Crippen LogP) is 2.52. The quantitative estimate of drug-likeness (QED) is 0.865. The number of carbonyl (C=O) groups excluding carboxylic acids is 1. The molecule has 1 atom stereocenters. The maximum Gasteiger partial charge on any atom is 0.339 e. The Morgan fingerprint density at radius 2 is 2.04 bits per heavy atom. The van der Waals surface area contributed by atoms with Crippen LogP contribution in [0.2, 0.25) is 0 Å². The molecule has 0 N–H and O–H groups in total. The molecule has 1 aliphatic heterocycles. The van der Waals surface area contributed by atoms with Crippen molar-refractivity contribution in [1.29, 1.82) is 0 Å². The highest BCUT2D eigenvalue weighted by Gasteiger charge is 2.28. The standard InChI is InChI=1S/C17H15F2NO4/c1-10-6-13(8-16(21)23-10)24-12-4-5-20(9-12)17(22)11-2-3-14(18)15(19)7-11/h2-3,6-8,12H,4-5,9H2,1H3/t12-/m0/s1. The van der Waals surface area contributed by atoms with E-state index in [1.54, 1.807) is 13.0 Å². The van der Waals surface area contributed by atoms with Crippen molar-refractivity contribution in [2.75, 3.05) is 13.1 Å². The predicted molar refractivity (Wildman–Crippen MR) is 81.0 cm³/mol. The first-order valence-corrected chi connectivity index (χ1v) is 7.45. The van der Waals surface area contributed by atoms with E-state index in [0.717, 1.165) is 12.1 Å². The zero-order valence-electron chi connectivity index (χ0n) is 12.9. The lowest BCUT2D eigenvalue weighted by atomic mass is 10.2. The number of halogens is 2. The van der Waals surface area contributed by atoms with Crippen LogP contribution in [0.15, 0.2) is 39.5 Å². The van der Waals surface area contributed by atoms with E-state index in [0.29, 0.717) is 31.0 Å². The monoisotopic (exact) mass is 335 g/mol. The number of rotatable bonds is 3. The average Bonchev–Trinajstić information content (AvgIpc) is 2.96. The van der Waals surface area contributed by atoms with Gasteiger partial charge in [0.15, 0.2) is 11.6 Å². The van der Waals surface area contributed by atoms with E-state index in [9.17, 15) is 18.4 Å². The van der Waals surface area contributed by atoms with Crippen molar-refractivity contribution in [2.24, 2.45) is 0 Å².